The number of nitrogens with zero attached hydrogens (tertiary/aromatic N) is 2. The van der Waals surface area contributed by atoms with E-state index >= 15 is 0 Å². The summed E-state index contributed by atoms with van der Waals surface area (Å²) in [5, 5.41) is 3.33. The van der Waals surface area contributed by atoms with Crippen LogP contribution in [0.1, 0.15) is 47.0 Å². The zero-order chi connectivity index (χ0) is 20.9. The topological polar surface area (TPSA) is 100 Å². The fourth-order valence-corrected chi connectivity index (χ4v) is 4.64. The Morgan fingerprint density at radius 1 is 1.30 bits per heavy atom. The minimum absolute atomic E-state index is 0.167. The number of para-hydroxylation sites is 1. The predicted octanol–water partition coefficient (Wildman–Crippen LogP) is 2.54. The number of hydrogen-bond donors (Lipinski definition) is 2. The van der Waals surface area contributed by atoms with Crippen molar-refractivity contribution in [1.82, 2.24) is 20.2 Å². The van der Waals surface area contributed by atoms with Gasteiger partial charge in [-0.15, -0.1) is 0 Å². The number of carbonyl (C=O) groups excluding carboxylic acids is 1. The number of benzene rings is 1. The summed E-state index contributed by atoms with van der Waals surface area (Å²) in [5.74, 6) is 0.850. The number of aryl methyl sites for hydroxylation is 1. The lowest BCUT2D eigenvalue weighted by Gasteiger charge is -2.46. The first-order valence-corrected chi connectivity index (χ1v) is 10.2. The van der Waals surface area contributed by atoms with Gasteiger partial charge in [-0.3, -0.25) is 9.59 Å². The van der Waals surface area contributed by atoms with Crippen LogP contribution in [0.5, 0.6) is 5.75 Å². The van der Waals surface area contributed by atoms with Crippen LogP contribution < -0.4 is 15.6 Å². The summed E-state index contributed by atoms with van der Waals surface area (Å²) < 4.78 is 12.0. The van der Waals surface area contributed by atoms with Crippen molar-refractivity contribution >= 4 is 17.0 Å². The van der Waals surface area contributed by atoms with Gasteiger partial charge in [0, 0.05) is 25.1 Å². The van der Waals surface area contributed by atoms with Crippen molar-refractivity contribution in [3.05, 3.63) is 57.8 Å². The fourth-order valence-electron chi connectivity index (χ4n) is 4.64. The SMILES string of the molecule is Cc1oc2nc[nH]c(=O)c2c1C(=O)NC1CC2(CCN(C)CC2)Oc2ccccc21. The Balaban J connectivity index is 1.50. The van der Waals surface area contributed by atoms with E-state index in [2.05, 4.69) is 27.2 Å². The van der Waals surface area contributed by atoms with E-state index < -0.39 is 0 Å². The van der Waals surface area contributed by atoms with Crippen LogP contribution in [-0.4, -0.2) is 46.5 Å². The second-order valence-corrected chi connectivity index (χ2v) is 8.30. The largest absolute Gasteiger partial charge is 0.487 e. The van der Waals surface area contributed by atoms with Crippen LogP contribution in [0.2, 0.25) is 0 Å². The molecule has 4 heterocycles. The van der Waals surface area contributed by atoms with Crippen LogP contribution in [-0.2, 0) is 0 Å². The summed E-state index contributed by atoms with van der Waals surface area (Å²) >= 11 is 0. The number of fused-ring (bicyclic) bond motifs is 2. The first kappa shape index (κ1) is 18.9. The van der Waals surface area contributed by atoms with Crippen molar-refractivity contribution in [3.8, 4) is 5.75 Å². The number of hydrogen-bond acceptors (Lipinski definition) is 6. The molecule has 0 radical (unpaired) electrons. The van der Waals surface area contributed by atoms with Gasteiger partial charge in [0.15, 0.2) is 0 Å². The monoisotopic (exact) mass is 408 g/mol. The van der Waals surface area contributed by atoms with Crippen molar-refractivity contribution in [2.75, 3.05) is 20.1 Å². The zero-order valence-corrected chi connectivity index (χ0v) is 17.0. The molecule has 2 aromatic heterocycles. The van der Waals surface area contributed by atoms with Gasteiger partial charge in [-0.25, -0.2) is 4.98 Å². The molecule has 1 unspecified atom stereocenters. The number of ether oxygens (including phenoxy) is 1. The highest BCUT2D eigenvalue weighted by atomic mass is 16.5. The second kappa shape index (κ2) is 6.98. The number of carbonyl (C=O) groups is 1. The molecule has 1 saturated heterocycles. The predicted molar refractivity (Wildman–Crippen MR) is 111 cm³/mol. The van der Waals surface area contributed by atoms with Gasteiger partial charge in [-0.05, 0) is 32.9 Å². The summed E-state index contributed by atoms with van der Waals surface area (Å²) in [5.41, 5.74) is 0.668. The standard InChI is InChI=1S/C22H24N4O4/c1-13-17(18-19(27)23-12-24-21(18)29-13)20(28)25-15-11-22(7-9-26(2)10-8-22)30-16-6-4-3-5-14(15)16/h3-6,12,15H,7-11H2,1-2H3,(H,25,28)(H,23,24,27). The molecule has 1 aromatic carbocycles. The number of likely N-dealkylation sites (tertiary alicyclic amines) is 1. The Kier molecular flexibility index (Phi) is 4.39. The maximum absolute atomic E-state index is 13.3. The lowest BCUT2D eigenvalue weighted by atomic mass is 9.80. The fraction of sp³-hybridized carbons (Fsp3) is 0.409. The van der Waals surface area contributed by atoms with Crippen molar-refractivity contribution in [1.29, 1.82) is 0 Å². The molecule has 0 bridgehead atoms. The van der Waals surface area contributed by atoms with E-state index in [-0.39, 0.29) is 39.8 Å². The third kappa shape index (κ3) is 3.08. The van der Waals surface area contributed by atoms with E-state index in [0.29, 0.717) is 12.2 Å². The van der Waals surface area contributed by atoms with Gasteiger partial charge >= 0.3 is 0 Å². The third-order valence-corrected chi connectivity index (χ3v) is 6.30. The average Bonchev–Trinajstić information content (AvgIpc) is 3.08. The number of H-pyrrole nitrogens is 1. The van der Waals surface area contributed by atoms with Crippen molar-refractivity contribution < 1.29 is 13.9 Å². The lowest BCUT2D eigenvalue weighted by molar-refractivity contribution is -0.0195. The van der Waals surface area contributed by atoms with E-state index in [1.54, 1.807) is 6.92 Å². The molecule has 0 aliphatic carbocycles. The highest BCUT2D eigenvalue weighted by Gasteiger charge is 2.43. The number of aromatic nitrogens is 2. The number of piperidine rings is 1. The number of furan rings is 1. The van der Waals surface area contributed by atoms with E-state index in [4.69, 9.17) is 9.15 Å². The summed E-state index contributed by atoms with van der Waals surface area (Å²) in [4.78, 5) is 34.5. The maximum atomic E-state index is 13.3. The van der Waals surface area contributed by atoms with Gasteiger partial charge in [-0.1, -0.05) is 18.2 Å². The second-order valence-electron chi connectivity index (χ2n) is 8.30. The van der Waals surface area contributed by atoms with Gasteiger partial charge in [-0.2, -0.15) is 0 Å². The molecule has 2 N–H and O–H groups in total. The first-order chi connectivity index (χ1) is 14.5. The molecule has 1 amide bonds. The van der Waals surface area contributed by atoms with Crippen LogP contribution in [0.25, 0.3) is 11.1 Å². The number of aromatic amines is 1. The molecule has 2 aliphatic rings. The van der Waals surface area contributed by atoms with E-state index in [9.17, 15) is 9.59 Å². The Morgan fingerprint density at radius 3 is 2.87 bits per heavy atom. The molecular formula is C22H24N4O4. The molecule has 0 saturated carbocycles. The van der Waals surface area contributed by atoms with E-state index in [0.717, 1.165) is 37.2 Å². The zero-order valence-electron chi connectivity index (χ0n) is 17.0. The minimum atomic E-state index is -0.388. The van der Waals surface area contributed by atoms with Crippen LogP contribution in [0.4, 0.5) is 0 Å². The number of rotatable bonds is 2. The van der Waals surface area contributed by atoms with Crippen molar-refractivity contribution in [2.45, 2.75) is 37.8 Å². The van der Waals surface area contributed by atoms with Gasteiger partial charge in [0.05, 0.1) is 17.9 Å². The maximum Gasteiger partial charge on any atom is 0.262 e. The normalized spacial score (nSPS) is 20.7. The highest BCUT2D eigenvalue weighted by Crippen LogP contribution is 2.44. The molecule has 156 valence electrons. The highest BCUT2D eigenvalue weighted by molar-refractivity contribution is 6.06. The van der Waals surface area contributed by atoms with Crippen molar-refractivity contribution in [2.24, 2.45) is 0 Å². The summed E-state index contributed by atoms with van der Waals surface area (Å²) in [6.45, 7) is 3.58. The number of nitrogens with one attached hydrogen (secondary N) is 2. The van der Waals surface area contributed by atoms with E-state index in [1.807, 2.05) is 24.3 Å². The van der Waals surface area contributed by atoms with E-state index in [1.165, 1.54) is 6.33 Å². The van der Waals surface area contributed by atoms with Crippen LogP contribution in [0.15, 0.2) is 39.8 Å². The van der Waals surface area contributed by atoms with Gasteiger partial charge in [0.2, 0.25) is 5.71 Å². The average molecular weight is 408 g/mol. The minimum Gasteiger partial charge on any atom is -0.487 e. The molecule has 3 aromatic rings. The Morgan fingerprint density at radius 2 is 2.07 bits per heavy atom. The van der Waals surface area contributed by atoms with Crippen LogP contribution in [0, 0.1) is 6.92 Å². The van der Waals surface area contributed by atoms with Crippen molar-refractivity contribution in [3.63, 3.8) is 0 Å². The molecule has 5 rings (SSSR count). The first-order valence-electron chi connectivity index (χ1n) is 10.2. The smallest absolute Gasteiger partial charge is 0.262 e. The summed E-state index contributed by atoms with van der Waals surface area (Å²) in [7, 11) is 2.11. The Bertz CT molecular complexity index is 1170. The molecule has 30 heavy (non-hydrogen) atoms. The molecule has 8 heteroatoms. The molecule has 2 aliphatic heterocycles. The van der Waals surface area contributed by atoms with Crippen LogP contribution >= 0.6 is 0 Å². The Labute approximate surface area is 173 Å². The molecular weight excluding hydrogens is 384 g/mol. The molecule has 8 nitrogen and oxygen atoms in total. The van der Waals surface area contributed by atoms with Gasteiger partial charge in [0.25, 0.3) is 11.5 Å². The molecule has 1 atom stereocenters. The number of amides is 1. The Hall–Kier alpha value is -3.13. The molecule has 1 spiro atoms. The van der Waals surface area contributed by atoms with Gasteiger partial charge in [0.1, 0.15) is 22.5 Å². The quantitative estimate of drug-likeness (QED) is 0.676. The van der Waals surface area contributed by atoms with Crippen LogP contribution in [0.3, 0.4) is 0 Å². The summed E-state index contributed by atoms with van der Waals surface area (Å²) in [6, 6.07) is 7.62. The van der Waals surface area contributed by atoms with Gasteiger partial charge < -0.3 is 24.4 Å². The molecule has 1 fully saturated rings. The third-order valence-electron chi connectivity index (χ3n) is 6.30. The summed E-state index contributed by atoms with van der Waals surface area (Å²) in [6.07, 6.45) is 3.77. The lowest BCUT2D eigenvalue weighted by Crippen LogP contribution is -2.51.